The summed E-state index contributed by atoms with van der Waals surface area (Å²) in [6, 6.07) is 3.86. The Morgan fingerprint density at radius 1 is 1.31 bits per heavy atom. The number of aromatic hydroxyl groups is 1. The minimum absolute atomic E-state index is 0.322. The van der Waals surface area contributed by atoms with Gasteiger partial charge in [-0.3, -0.25) is 0 Å². The third-order valence-electron chi connectivity index (χ3n) is 3.44. The van der Waals surface area contributed by atoms with Gasteiger partial charge in [0.2, 0.25) is 0 Å². The minimum Gasteiger partial charge on any atom is -0.508 e. The summed E-state index contributed by atoms with van der Waals surface area (Å²) in [7, 11) is 0. The highest BCUT2D eigenvalue weighted by molar-refractivity contribution is 5.43. The zero-order valence-corrected chi connectivity index (χ0v) is 10.2. The summed E-state index contributed by atoms with van der Waals surface area (Å²) in [4.78, 5) is 0. The van der Waals surface area contributed by atoms with Crippen LogP contribution in [0, 0.1) is 6.92 Å². The van der Waals surface area contributed by atoms with E-state index >= 15 is 0 Å². The average molecular weight is 220 g/mol. The van der Waals surface area contributed by atoms with Crippen LogP contribution in [0.2, 0.25) is 0 Å². The summed E-state index contributed by atoms with van der Waals surface area (Å²) in [5.41, 5.74) is 2.73. The van der Waals surface area contributed by atoms with Crippen molar-refractivity contribution in [2.45, 2.75) is 51.6 Å². The van der Waals surface area contributed by atoms with Crippen molar-refractivity contribution in [3.63, 3.8) is 0 Å². The van der Waals surface area contributed by atoms with Crippen LogP contribution in [-0.2, 0) is 6.42 Å². The third-order valence-corrected chi connectivity index (χ3v) is 3.44. The lowest BCUT2D eigenvalue weighted by molar-refractivity contribution is 0.150. The minimum atomic E-state index is -0.541. The van der Waals surface area contributed by atoms with Crippen molar-refractivity contribution >= 4 is 0 Å². The van der Waals surface area contributed by atoms with E-state index < -0.39 is 5.60 Å². The molecule has 1 aliphatic carbocycles. The highest BCUT2D eigenvalue weighted by Gasteiger charge is 2.40. The first-order valence-corrected chi connectivity index (χ1v) is 5.96. The Labute approximate surface area is 96.9 Å². The van der Waals surface area contributed by atoms with Crippen LogP contribution in [0.1, 0.15) is 49.3 Å². The molecule has 0 radical (unpaired) electrons. The lowest BCUT2D eigenvalue weighted by Crippen LogP contribution is -2.11. The van der Waals surface area contributed by atoms with Crippen molar-refractivity contribution in [1.82, 2.24) is 0 Å². The maximum atomic E-state index is 9.89. The van der Waals surface area contributed by atoms with Crippen LogP contribution < -0.4 is 0 Å². The number of hydrogen-bond donors (Lipinski definition) is 2. The molecule has 2 heteroatoms. The summed E-state index contributed by atoms with van der Waals surface area (Å²) in [5.74, 6) is 0.774. The molecule has 0 aliphatic heterocycles. The number of hydrogen-bond acceptors (Lipinski definition) is 2. The molecule has 0 bridgehead atoms. The van der Waals surface area contributed by atoms with E-state index in [2.05, 4.69) is 13.8 Å². The lowest BCUT2D eigenvalue weighted by atomic mass is 9.93. The molecule has 16 heavy (non-hydrogen) atoms. The Morgan fingerprint density at radius 2 is 1.94 bits per heavy atom. The fraction of sp³-hybridized carbons (Fsp3) is 0.571. The molecule has 1 aromatic carbocycles. The standard InChI is InChI=1S/C14H20O2/c1-9(2)12-7-11(8-14(16)4-5-14)13(15)6-10(12)3/h6-7,9,15-16H,4-5,8H2,1-3H3. The van der Waals surface area contributed by atoms with Crippen LogP contribution in [0.25, 0.3) is 0 Å². The van der Waals surface area contributed by atoms with Gasteiger partial charge in [0, 0.05) is 6.42 Å². The van der Waals surface area contributed by atoms with Crippen molar-refractivity contribution < 1.29 is 10.2 Å². The van der Waals surface area contributed by atoms with Gasteiger partial charge in [-0.25, -0.2) is 0 Å². The van der Waals surface area contributed by atoms with E-state index in [4.69, 9.17) is 0 Å². The number of aliphatic hydroxyl groups is 1. The topological polar surface area (TPSA) is 40.5 Å². The summed E-state index contributed by atoms with van der Waals surface area (Å²) in [5, 5.41) is 19.8. The molecule has 1 saturated carbocycles. The van der Waals surface area contributed by atoms with Crippen LogP contribution >= 0.6 is 0 Å². The molecule has 0 spiro atoms. The number of benzene rings is 1. The molecule has 0 amide bonds. The molecule has 2 rings (SSSR count). The highest BCUT2D eigenvalue weighted by Crippen LogP contribution is 2.40. The second-order valence-electron chi connectivity index (χ2n) is 5.39. The third kappa shape index (κ3) is 2.22. The van der Waals surface area contributed by atoms with E-state index in [1.54, 1.807) is 0 Å². The zero-order chi connectivity index (χ0) is 11.9. The molecule has 0 heterocycles. The van der Waals surface area contributed by atoms with Crippen molar-refractivity contribution in [2.24, 2.45) is 0 Å². The smallest absolute Gasteiger partial charge is 0.119 e. The maximum Gasteiger partial charge on any atom is 0.119 e. The Kier molecular flexibility index (Phi) is 2.70. The molecule has 1 fully saturated rings. The first kappa shape index (κ1) is 11.5. The number of aryl methyl sites for hydroxylation is 1. The molecule has 0 unspecified atom stereocenters. The van der Waals surface area contributed by atoms with E-state index in [1.165, 1.54) is 5.56 Å². The molecule has 1 aliphatic rings. The van der Waals surface area contributed by atoms with Crippen molar-refractivity contribution in [3.05, 3.63) is 28.8 Å². The predicted molar refractivity (Wildman–Crippen MR) is 64.8 cm³/mol. The van der Waals surface area contributed by atoms with Gasteiger partial charge in [0.05, 0.1) is 5.60 Å². The molecule has 1 aromatic rings. The number of phenols is 1. The van der Waals surface area contributed by atoms with E-state index in [-0.39, 0.29) is 0 Å². The lowest BCUT2D eigenvalue weighted by Gasteiger charge is -2.15. The van der Waals surface area contributed by atoms with Gasteiger partial charge in [-0.15, -0.1) is 0 Å². The molecule has 0 saturated heterocycles. The fourth-order valence-electron chi connectivity index (χ4n) is 2.20. The van der Waals surface area contributed by atoms with Crippen LogP contribution in [0.3, 0.4) is 0 Å². The van der Waals surface area contributed by atoms with Crippen molar-refractivity contribution in [1.29, 1.82) is 0 Å². The van der Waals surface area contributed by atoms with E-state index in [0.29, 0.717) is 18.1 Å². The molecule has 0 aromatic heterocycles. The van der Waals surface area contributed by atoms with E-state index in [1.807, 2.05) is 19.1 Å². The summed E-state index contributed by atoms with van der Waals surface area (Å²) in [6.07, 6.45) is 2.30. The van der Waals surface area contributed by atoms with Crippen LogP contribution in [0.5, 0.6) is 5.75 Å². The number of rotatable bonds is 3. The van der Waals surface area contributed by atoms with Gasteiger partial charge in [0.1, 0.15) is 5.75 Å². The molecular formula is C14H20O2. The molecule has 2 N–H and O–H groups in total. The second-order valence-corrected chi connectivity index (χ2v) is 5.39. The molecule has 88 valence electrons. The average Bonchev–Trinajstić information content (AvgIpc) is 2.88. The Bertz CT molecular complexity index is 403. The van der Waals surface area contributed by atoms with Gasteiger partial charge >= 0.3 is 0 Å². The van der Waals surface area contributed by atoms with Gasteiger partial charge in [-0.1, -0.05) is 19.9 Å². The van der Waals surface area contributed by atoms with Crippen LogP contribution in [0.15, 0.2) is 12.1 Å². The number of phenolic OH excluding ortho intramolecular Hbond substituents is 1. The van der Waals surface area contributed by atoms with Gasteiger partial charge < -0.3 is 10.2 Å². The van der Waals surface area contributed by atoms with E-state index in [9.17, 15) is 10.2 Å². The largest absolute Gasteiger partial charge is 0.508 e. The van der Waals surface area contributed by atoms with Gasteiger partial charge in [0.15, 0.2) is 0 Å². The summed E-state index contributed by atoms with van der Waals surface area (Å²) < 4.78 is 0. The highest BCUT2D eigenvalue weighted by atomic mass is 16.3. The van der Waals surface area contributed by atoms with Gasteiger partial charge in [0.25, 0.3) is 0 Å². The predicted octanol–water partition coefficient (Wildman–Crippen LogP) is 2.89. The van der Waals surface area contributed by atoms with Gasteiger partial charge in [-0.05, 0) is 48.4 Å². The normalized spacial score (nSPS) is 17.8. The quantitative estimate of drug-likeness (QED) is 0.822. The maximum absolute atomic E-state index is 9.89. The second kappa shape index (κ2) is 3.77. The van der Waals surface area contributed by atoms with Crippen LogP contribution in [0.4, 0.5) is 0 Å². The van der Waals surface area contributed by atoms with Crippen molar-refractivity contribution in [2.75, 3.05) is 0 Å². The van der Waals surface area contributed by atoms with Crippen molar-refractivity contribution in [3.8, 4) is 5.75 Å². The monoisotopic (exact) mass is 220 g/mol. The summed E-state index contributed by atoms with van der Waals surface area (Å²) in [6.45, 7) is 6.31. The van der Waals surface area contributed by atoms with E-state index in [0.717, 1.165) is 24.0 Å². The molecular weight excluding hydrogens is 200 g/mol. The Morgan fingerprint density at radius 3 is 2.44 bits per heavy atom. The first-order valence-electron chi connectivity index (χ1n) is 5.96. The SMILES string of the molecule is Cc1cc(O)c(CC2(O)CC2)cc1C(C)C. The summed E-state index contributed by atoms with van der Waals surface area (Å²) >= 11 is 0. The first-order chi connectivity index (χ1) is 7.41. The van der Waals surface area contributed by atoms with Crippen LogP contribution in [-0.4, -0.2) is 15.8 Å². The zero-order valence-electron chi connectivity index (χ0n) is 10.2. The Balaban J connectivity index is 2.33. The molecule has 2 nitrogen and oxygen atoms in total. The molecule has 0 atom stereocenters. The fourth-order valence-corrected chi connectivity index (χ4v) is 2.20. The van der Waals surface area contributed by atoms with Gasteiger partial charge in [-0.2, -0.15) is 0 Å². The Hall–Kier alpha value is -1.02.